The fourth-order valence-corrected chi connectivity index (χ4v) is 2.77. The molecule has 0 N–H and O–H groups in total. The highest BCUT2D eigenvalue weighted by Crippen LogP contribution is 2.35. The third-order valence-corrected chi connectivity index (χ3v) is 3.93. The zero-order valence-corrected chi connectivity index (χ0v) is 14.9. The maximum atomic E-state index is 13.7. The molecule has 0 bridgehead atoms. The summed E-state index contributed by atoms with van der Waals surface area (Å²) in [5.74, 6) is 0.590. The molecule has 0 saturated carbocycles. The van der Waals surface area contributed by atoms with Crippen molar-refractivity contribution in [3.8, 4) is 23.6 Å². The lowest BCUT2D eigenvalue weighted by Gasteiger charge is -2.14. The van der Waals surface area contributed by atoms with E-state index in [0.29, 0.717) is 22.6 Å². The van der Waals surface area contributed by atoms with Gasteiger partial charge in [0.2, 0.25) is 0 Å². The first-order valence-electron chi connectivity index (χ1n) is 6.84. The first-order chi connectivity index (χ1) is 11.6. The number of methoxy groups -OCH3 is 1. The van der Waals surface area contributed by atoms with E-state index in [1.54, 1.807) is 30.3 Å². The number of hydrogen-bond acceptors (Lipinski definition) is 4. The fourth-order valence-electron chi connectivity index (χ4n) is 1.98. The van der Waals surface area contributed by atoms with Crippen LogP contribution >= 0.6 is 22.6 Å². The number of hydrogen-bond donors (Lipinski definition) is 0. The number of rotatable bonds is 5. The summed E-state index contributed by atoms with van der Waals surface area (Å²) >= 11 is 2.06. The molecule has 2 rings (SSSR count). The van der Waals surface area contributed by atoms with Crippen LogP contribution in [0.1, 0.15) is 11.1 Å². The molecule has 2 aromatic carbocycles. The van der Waals surface area contributed by atoms with Gasteiger partial charge in [0.15, 0.2) is 11.5 Å². The summed E-state index contributed by atoms with van der Waals surface area (Å²) in [6.45, 7) is 0.0653. The average Bonchev–Trinajstić information content (AvgIpc) is 2.59. The second-order valence-electron chi connectivity index (χ2n) is 4.70. The molecule has 0 saturated heterocycles. The van der Waals surface area contributed by atoms with Crippen molar-refractivity contribution in [3.63, 3.8) is 0 Å². The van der Waals surface area contributed by atoms with Gasteiger partial charge in [0.25, 0.3) is 0 Å². The molecule has 24 heavy (non-hydrogen) atoms. The third kappa shape index (κ3) is 4.24. The van der Waals surface area contributed by atoms with Gasteiger partial charge in [-0.15, -0.1) is 0 Å². The highest BCUT2D eigenvalue weighted by Gasteiger charge is 2.12. The van der Waals surface area contributed by atoms with E-state index in [1.807, 2.05) is 12.1 Å². The molecule has 120 valence electrons. The molecule has 0 aliphatic heterocycles. The summed E-state index contributed by atoms with van der Waals surface area (Å²) < 4.78 is 25.4. The molecular formula is C18H12FIN2O2. The monoisotopic (exact) mass is 434 g/mol. The van der Waals surface area contributed by atoms with Crippen LogP contribution in [-0.4, -0.2) is 7.11 Å². The molecule has 2 aromatic rings. The van der Waals surface area contributed by atoms with Gasteiger partial charge in [0, 0.05) is 5.56 Å². The maximum absolute atomic E-state index is 13.7. The maximum Gasteiger partial charge on any atom is 0.174 e. The summed E-state index contributed by atoms with van der Waals surface area (Å²) in [5.41, 5.74) is 1.08. The predicted molar refractivity (Wildman–Crippen MR) is 95.6 cm³/mol. The van der Waals surface area contributed by atoms with Crippen LogP contribution in [0.4, 0.5) is 4.39 Å². The van der Waals surface area contributed by atoms with E-state index in [4.69, 9.17) is 20.0 Å². The van der Waals surface area contributed by atoms with Crippen molar-refractivity contribution in [3.05, 3.63) is 62.5 Å². The Bertz CT molecular complexity index is 850. The summed E-state index contributed by atoms with van der Waals surface area (Å²) in [6, 6.07) is 13.4. The molecular weight excluding hydrogens is 422 g/mol. The van der Waals surface area contributed by atoms with E-state index in [0.717, 1.165) is 3.57 Å². The smallest absolute Gasteiger partial charge is 0.174 e. The van der Waals surface area contributed by atoms with Gasteiger partial charge in [-0.05, 0) is 52.4 Å². The van der Waals surface area contributed by atoms with Crippen LogP contribution in [0, 0.1) is 32.0 Å². The van der Waals surface area contributed by atoms with Gasteiger partial charge in [0.05, 0.1) is 10.7 Å². The molecule has 0 heterocycles. The summed E-state index contributed by atoms with van der Waals surface area (Å²) in [4.78, 5) is 0. The Labute approximate surface area is 152 Å². The second kappa shape index (κ2) is 8.32. The van der Waals surface area contributed by atoms with E-state index < -0.39 is 0 Å². The van der Waals surface area contributed by atoms with E-state index in [2.05, 4.69) is 22.6 Å². The Morgan fingerprint density at radius 2 is 1.96 bits per heavy atom. The van der Waals surface area contributed by atoms with Crippen LogP contribution in [0.3, 0.4) is 0 Å². The third-order valence-electron chi connectivity index (χ3n) is 3.13. The highest BCUT2D eigenvalue weighted by atomic mass is 127. The normalized spacial score (nSPS) is 9.54. The molecule has 4 nitrogen and oxygen atoms in total. The molecule has 0 radical (unpaired) electrons. The first kappa shape index (κ1) is 17.8. The molecule has 0 spiro atoms. The Kier molecular flexibility index (Phi) is 6.16. The molecule has 0 aliphatic carbocycles. The molecule has 0 aliphatic rings. The van der Waals surface area contributed by atoms with E-state index >= 15 is 0 Å². The van der Waals surface area contributed by atoms with Crippen molar-refractivity contribution in [1.29, 1.82) is 10.5 Å². The zero-order chi connectivity index (χ0) is 17.5. The minimum Gasteiger partial charge on any atom is -0.493 e. The van der Waals surface area contributed by atoms with Crippen LogP contribution in [-0.2, 0) is 6.61 Å². The lowest BCUT2D eigenvalue weighted by atomic mass is 10.1. The van der Waals surface area contributed by atoms with Crippen LogP contribution in [0.2, 0.25) is 0 Å². The van der Waals surface area contributed by atoms with Crippen LogP contribution < -0.4 is 9.47 Å². The molecule has 0 amide bonds. The number of ether oxygens (including phenoxy) is 2. The van der Waals surface area contributed by atoms with E-state index in [-0.39, 0.29) is 18.0 Å². The van der Waals surface area contributed by atoms with Gasteiger partial charge < -0.3 is 9.47 Å². The Hall–Kier alpha value is -2.58. The Balaban J connectivity index is 2.31. The lowest BCUT2D eigenvalue weighted by Crippen LogP contribution is -2.02. The van der Waals surface area contributed by atoms with Crippen LogP contribution in [0.25, 0.3) is 6.08 Å². The van der Waals surface area contributed by atoms with Crippen molar-refractivity contribution in [2.24, 2.45) is 0 Å². The van der Waals surface area contributed by atoms with E-state index in [1.165, 1.54) is 19.3 Å². The lowest BCUT2D eigenvalue weighted by molar-refractivity contribution is 0.277. The van der Waals surface area contributed by atoms with Crippen molar-refractivity contribution in [2.45, 2.75) is 6.61 Å². The largest absolute Gasteiger partial charge is 0.493 e. The number of allylic oxidation sites excluding steroid dienone is 1. The minimum absolute atomic E-state index is 0.00659. The number of nitriles is 2. The SMILES string of the molecule is COc1cc(C=C(C#N)C#N)cc(I)c1OCc1ccccc1F. The average molecular weight is 434 g/mol. The first-order valence-corrected chi connectivity index (χ1v) is 7.92. The van der Waals surface area contributed by atoms with Crippen LogP contribution in [0.15, 0.2) is 42.0 Å². The quantitative estimate of drug-likeness (QED) is 0.516. The molecule has 0 fully saturated rings. The molecule has 0 atom stereocenters. The fraction of sp³-hybridized carbons (Fsp3) is 0.111. The van der Waals surface area contributed by atoms with Gasteiger partial charge in [-0.2, -0.15) is 10.5 Å². The number of nitrogens with zero attached hydrogens (tertiary/aromatic N) is 2. The Morgan fingerprint density at radius 3 is 2.58 bits per heavy atom. The summed E-state index contributed by atoms with van der Waals surface area (Å²) in [5, 5.41) is 17.7. The second-order valence-corrected chi connectivity index (χ2v) is 5.86. The summed E-state index contributed by atoms with van der Waals surface area (Å²) in [6.07, 6.45) is 1.46. The van der Waals surface area contributed by atoms with E-state index in [9.17, 15) is 4.39 Å². The van der Waals surface area contributed by atoms with Crippen LogP contribution in [0.5, 0.6) is 11.5 Å². The highest BCUT2D eigenvalue weighted by molar-refractivity contribution is 14.1. The Morgan fingerprint density at radius 1 is 1.25 bits per heavy atom. The van der Waals surface area contributed by atoms with Gasteiger partial charge in [0.1, 0.15) is 30.1 Å². The zero-order valence-electron chi connectivity index (χ0n) is 12.7. The number of benzene rings is 2. The molecule has 0 unspecified atom stereocenters. The van der Waals surface area contributed by atoms with Crippen molar-refractivity contribution in [1.82, 2.24) is 0 Å². The van der Waals surface area contributed by atoms with Crippen molar-refractivity contribution >= 4 is 28.7 Å². The topological polar surface area (TPSA) is 66.0 Å². The van der Waals surface area contributed by atoms with Gasteiger partial charge in [-0.1, -0.05) is 18.2 Å². The van der Waals surface area contributed by atoms with Gasteiger partial charge in [-0.3, -0.25) is 0 Å². The number of halogens is 2. The molecule has 6 heteroatoms. The van der Waals surface area contributed by atoms with Gasteiger partial charge in [-0.25, -0.2) is 4.39 Å². The molecule has 0 aromatic heterocycles. The standard InChI is InChI=1S/C18H12FIN2O2/c1-23-17-8-12(6-13(9-21)10-22)7-16(20)18(17)24-11-14-4-2-3-5-15(14)19/h2-8H,11H2,1H3. The van der Waals surface area contributed by atoms with Gasteiger partial charge >= 0.3 is 0 Å². The van der Waals surface area contributed by atoms with Crippen molar-refractivity contribution in [2.75, 3.05) is 7.11 Å². The van der Waals surface area contributed by atoms with Crippen molar-refractivity contribution < 1.29 is 13.9 Å². The minimum atomic E-state index is -0.335. The summed E-state index contributed by atoms with van der Waals surface area (Å²) in [7, 11) is 1.49. The predicted octanol–water partition coefficient (Wildman–Crippen LogP) is 4.45.